The van der Waals surface area contributed by atoms with Gasteiger partial charge in [-0.15, -0.1) is 0 Å². The SMILES string of the molecule is NC(=O)CN1CCCC(C(=O)N[C@H]2CCC[C@H]2Cc2ccc(F)cc2)C1. The van der Waals surface area contributed by atoms with Crippen molar-refractivity contribution in [1.82, 2.24) is 10.2 Å². The van der Waals surface area contributed by atoms with Crippen LogP contribution in [0.2, 0.25) is 0 Å². The van der Waals surface area contributed by atoms with Crippen molar-refractivity contribution in [2.75, 3.05) is 19.6 Å². The van der Waals surface area contributed by atoms with Gasteiger partial charge in [0.05, 0.1) is 12.5 Å². The lowest BCUT2D eigenvalue weighted by Crippen LogP contribution is -2.48. The summed E-state index contributed by atoms with van der Waals surface area (Å²) in [4.78, 5) is 25.8. The lowest BCUT2D eigenvalue weighted by Gasteiger charge is -2.32. The van der Waals surface area contributed by atoms with Crippen molar-refractivity contribution in [2.24, 2.45) is 17.6 Å². The van der Waals surface area contributed by atoms with Crippen molar-refractivity contribution in [3.63, 3.8) is 0 Å². The average molecular weight is 361 g/mol. The molecule has 26 heavy (non-hydrogen) atoms. The van der Waals surface area contributed by atoms with Crippen LogP contribution in [0, 0.1) is 17.7 Å². The number of piperidine rings is 1. The van der Waals surface area contributed by atoms with Crippen LogP contribution in [0.3, 0.4) is 0 Å². The van der Waals surface area contributed by atoms with E-state index >= 15 is 0 Å². The molecule has 0 aromatic heterocycles. The van der Waals surface area contributed by atoms with E-state index in [-0.39, 0.29) is 36.1 Å². The van der Waals surface area contributed by atoms with Gasteiger partial charge >= 0.3 is 0 Å². The Labute approximate surface area is 154 Å². The number of nitrogens with one attached hydrogen (secondary N) is 1. The summed E-state index contributed by atoms with van der Waals surface area (Å²) in [6.07, 6.45) is 5.82. The molecule has 1 saturated carbocycles. The van der Waals surface area contributed by atoms with Gasteiger partial charge in [0.2, 0.25) is 11.8 Å². The second kappa shape index (κ2) is 8.62. The van der Waals surface area contributed by atoms with Crippen molar-refractivity contribution in [2.45, 2.75) is 44.6 Å². The quantitative estimate of drug-likeness (QED) is 0.812. The topological polar surface area (TPSA) is 75.4 Å². The van der Waals surface area contributed by atoms with Gasteiger partial charge in [-0.3, -0.25) is 14.5 Å². The highest BCUT2D eigenvalue weighted by molar-refractivity contribution is 5.80. The predicted molar refractivity (Wildman–Crippen MR) is 97.7 cm³/mol. The fraction of sp³-hybridized carbons (Fsp3) is 0.600. The maximum absolute atomic E-state index is 13.1. The highest BCUT2D eigenvalue weighted by Gasteiger charge is 2.32. The van der Waals surface area contributed by atoms with E-state index in [1.165, 1.54) is 12.1 Å². The summed E-state index contributed by atoms with van der Waals surface area (Å²) in [5.41, 5.74) is 6.39. The molecule has 1 aliphatic carbocycles. The van der Waals surface area contributed by atoms with Gasteiger partial charge < -0.3 is 11.1 Å². The number of carbonyl (C=O) groups excluding carboxylic acids is 2. The minimum atomic E-state index is -0.346. The van der Waals surface area contributed by atoms with Crippen molar-refractivity contribution >= 4 is 11.8 Å². The smallest absolute Gasteiger partial charge is 0.231 e. The second-order valence-electron chi connectivity index (χ2n) is 7.68. The van der Waals surface area contributed by atoms with Gasteiger partial charge in [0.15, 0.2) is 0 Å². The zero-order valence-corrected chi connectivity index (χ0v) is 15.1. The van der Waals surface area contributed by atoms with Gasteiger partial charge in [-0.1, -0.05) is 18.6 Å². The minimum absolute atomic E-state index is 0.0739. The molecule has 142 valence electrons. The van der Waals surface area contributed by atoms with Crippen molar-refractivity contribution < 1.29 is 14.0 Å². The van der Waals surface area contributed by atoms with Gasteiger partial charge in [-0.2, -0.15) is 0 Å². The third kappa shape index (κ3) is 5.04. The van der Waals surface area contributed by atoms with E-state index in [1.807, 2.05) is 17.0 Å². The number of carbonyl (C=O) groups is 2. The molecule has 0 bridgehead atoms. The molecule has 3 N–H and O–H groups in total. The van der Waals surface area contributed by atoms with Crippen LogP contribution >= 0.6 is 0 Å². The number of benzene rings is 1. The van der Waals surface area contributed by atoms with Crippen LogP contribution in [-0.4, -0.2) is 42.4 Å². The van der Waals surface area contributed by atoms with Crippen LogP contribution in [0.5, 0.6) is 0 Å². The minimum Gasteiger partial charge on any atom is -0.369 e. The number of primary amides is 1. The Morgan fingerprint density at radius 3 is 2.65 bits per heavy atom. The van der Waals surface area contributed by atoms with E-state index in [1.54, 1.807) is 0 Å². The van der Waals surface area contributed by atoms with Gasteiger partial charge in [0.25, 0.3) is 0 Å². The van der Waals surface area contributed by atoms with Crippen LogP contribution < -0.4 is 11.1 Å². The molecule has 1 unspecified atom stereocenters. The Balaban J connectivity index is 1.54. The first-order chi connectivity index (χ1) is 12.5. The Kier molecular flexibility index (Phi) is 6.25. The van der Waals surface area contributed by atoms with Crippen LogP contribution in [0.1, 0.15) is 37.7 Å². The van der Waals surface area contributed by atoms with Gasteiger partial charge in [0, 0.05) is 12.6 Å². The maximum atomic E-state index is 13.1. The normalized spacial score (nSPS) is 26.6. The molecule has 1 aromatic rings. The summed E-state index contributed by atoms with van der Waals surface area (Å²) in [6, 6.07) is 6.82. The Morgan fingerprint density at radius 2 is 1.92 bits per heavy atom. The molecule has 1 saturated heterocycles. The molecule has 2 fully saturated rings. The molecule has 1 aliphatic heterocycles. The van der Waals surface area contributed by atoms with Crippen molar-refractivity contribution in [3.05, 3.63) is 35.6 Å². The maximum Gasteiger partial charge on any atom is 0.231 e. The first-order valence-electron chi connectivity index (χ1n) is 9.56. The molecule has 1 aromatic carbocycles. The summed E-state index contributed by atoms with van der Waals surface area (Å²) in [7, 11) is 0. The van der Waals surface area contributed by atoms with Gasteiger partial charge in [-0.25, -0.2) is 4.39 Å². The summed E-state index contributed by atoms with van der Waals surface area (Å²) >= 11 is 0. The fourth-order valence-electron chi connectivity index (χ4n) is 4.33. The first kappa shape index (κ1) is 18.8. The van der Waals surface area contributed by atoms with Crippen molar-refractivity contribution in [1.29, 1.82) is 0 Å². The van der Waals surface area contributed by atoms with Crippen LogP contribution in [0.4, 0.5) is 4.39 Å². The lowest BCUT2D eigenvalue weighted by atomic mass is 9.92. The summed E-state index contributed by atoms with van der Waals surface area (Å²) < 4.78 is 13.1. The van der Waals surface area contributed by atoms with E-state index < -0.39 is 0 Å². The summed E-state index contributed by atoms with van der Waals surface area (Å²) in [5, 5.41) is 3.25. The summed E-state index contributed by atoms with van der Waals surface area (Å²) in [6.45, 7) is 1.65. The largest absolute Gasteiger partial charge is 0.369 e. The zero-order valence-electron chi connectivity index (χ0n) is 15.1. The number of halogens is 1. The van der Waals surface area contributed by atoms with Gasteiger partial charge in [0.1, 0.15) is 5.82 Å². The standard InChI is InChI=1S/C20H28FN3O2/c21-17-8-6-14(7-9-17)11-15-3-1-5-18(15)23-20(26)16-4-2-10-24(12-16)13-19(22)25/h6-9,15-16,18H,1-5,10-13H2,(H2,22,25)(H,23,26)/t15-,16?,18-/m0/s1. The van der Waals surface area contributed by atoms with E-state index in [2.05, 4.69) is 5.32 Å². The molecule has 0 spiro atoms. The first-order valence-corrected chi connectivity index (χ1v) is 9.56. The second-order valence-corrected chi connectivity index (χ2v) is 7.68. The molecule has 3 atom stereocenters. The molecule has 1 heterocycles. The number of likely N-dealkylation sites (tertiary alicyclic amines) is 1. The molecular formula is C20H28FN3O2. The highest BCUT2D eigenvalue weighted by Crippen LogP contribution is 2.29. The molecule has 0 radical (unpaired) electrons. The number of hydrogen-bond acceptors (Lipinski definition) is 3. The van der Waals surface area contributed by atoms with Crippen LogP contribution in [-0.2, 0) is 16.0 Å². The van der Waals surface area contributed by atoms with E-state index in [0.29, 0.717) is 12.5 Å². The van der Waals surface area contributed by atoms with Crippen LogP contribution in [0.15, 0.2) is 24.3 Å². The lowest BCUT2D eigenvalue weighted by molar-refractivity contribution is -0.129. The fourth-order valence-corrected chi connectivity index (χ4v) is 4.33. The van der Waals surface area contributed by atoms with E-state index in [9.17, 15) is 14.0 Å². The Hall–Kier alpha value is -1.95. The van der Waals surface area contributed by atoms with E-state index in [4.69, 9.17) is 5.73 Å². The number of nitrogens with zero attached hydrogens (tertiary/aromatic N) is 1. The molecule has 2 amide bonds. The van der Waals surface area contributed by atoms with Crippen LogP contribution in [0.25, 0.3) is 0 Å². The van der Waals surface area contributed by atoms with Crippen molar-refractivity contribution in [3.8, 4) is 0 Å². The average Bonchev–Trinajstić information content (AvgIpc) is 3.03. The zero-order chi connectivity index (χ0) is 18.5. The molecule has 3 rings (SSSR count). The third-order valence-corrected chi connectivity index (χ3v) is 5.65. The van der Waals surface area contributed by atoms with E-state index in [0.717, 1.165) is 50.6 Å². The number of rotatable bonds is 6. The monoisotopic (exact) mass is 361 g/mol. The highest BCUT2D eigenvalue weighted by atomic mass is 19.1. The summed E-state index contributed by atoms with van der Waals surface area (Å²) in [5.74, 6) is -0.149. The number of amides is 2. The molecule has 2 aliphatic rings. The Bertz CT molecular complexity index is 634. The number of hydrogen-bond donors (Lipinski definition) is 2. The number of nitrogens with two attached hydrogens (primary N) is 1. The van der Waals surface area contributed by atoms with Gasteiger partial charge in [-0.05, 0) is 62.3 Å². The molecule has 5 nitrogen and oxygen atoms in total. The molecule has 6 heteroatoms. The molecular weight excluding hydrogens is 333 g/mol. The Morgan fingerprint density at radius 1 is 1.15 bits per heavy atom. The predicted octanol–water partition coefficient (Wildman–Crippen LogP) is 1.85. The third-order valence-electron chi connectivity index (χ3n) is 5.65.